The molecule has 4 heteroatoms. The Morgan fingerprint density at radius 3 is 2.80 bits per heavy atom. The van der Waals surface area contributed by atoms with E-state index in [1.807, 2.05) is 6.92 Å². The van der Waals surface area contributed by atoms with E-state index in [9.17, 15) is 4.79 Å². The van der Waals surface area contributed by atoms with Crippen LogP contribution in [0.1, 0.15) is 18.9 Å². The van der Waals surface area contributed by atoms with Crippen molar-refractivity contribution in [3.05, 3.63) is 28.8 Å². The fourth-order valence-corrected chi connectivity index (χ4v) is 1.51. The molecule has 15 heavy (non-hydrogen) atoms. The highest BCUT2D eigenvalue weighted by Crippen LogP contribution is 2.20. The Morgan fingerprint density at radius 1 is 1.53 bits per heavy atom. The van der Waals surface area contributed by atoms with Crippen molar-refractivity contribution in [2.24, 2.45) is 0 Å². The van der Waals surface area contributed by atoms with Gasteiger partial charge in [0.15, 0.2) is 0 Å². The van der Waals surface area contributed by atoms with Crippen LogP contribution in [0.25, 0.3) is 0 Å². The first-order valence-electron chi connectivity index (χ1n) is 4.82. The molecule has 0 saturated carbocycles. The van der Waals surface area contributed by atoms with Crippen molar-refractivity contribution >= 4 is 23.2 Å². The largest absolute Gasteiger partial charge is 0.399 e. The average Bonchev–Trinajstić information content (AvgIpc) is 2.22. The van der Waals surface area contributed by atoms with E-state index in [0.29, 0.717) is 23.7 Å². The van der Waals surface area contributed by atoms with Gasteiger partial charge >= 0.3 is 0 Å². The second kappa shape index (κ2) is 5.03. The Morgan fingerprint density at radius 2 is 2.20 bits per heavy atom. The van der Waals surface area contributed by atoms with E-state index >= 15 is 0 Å². The van der Waals surface area contributed by atoms with E-state index in [1.165, 1.54) is 0 Å². The number of anilines is 1. The van der Waals surface area contributed by atoms with Crippen molar-refractivity contribution in [1.82, 2.24) is 4.90 Å². The smallest absolute Gasteiger partial charge is 0.222 e. The molecule has 0 spiro atoms. The lowest BCUT2D eigenvalue weighted by molar-refractivity contribution is -0.130. The summed E-state index contributed by atoms with van der Waals surface area (Å²) >= 11 is 5.99. The number of hydrogen-bond donors (Lipinski definition) is 1. The second-order valence-corrected chi connectivity index (χ2v) is 3.86. The zero-order valence-electron chi connectivity index (χ0n) is 8.96. The molecular formula is C11H15ClN2O. The molecule has 0 radical (unpaired) electrons. The maximum Gasteiger partial charge on any atom is 0.222 e. The summed E-state index contributed by atoms with van der Waals surface area (Å²) in [6.07, 6.45) is 0.496. The SMILES string of the molecule is CCC(=O)N(C)Cc1cc(N)ccc1Cl. The molecule has 0 atom stereocenters. The Balaban J connectivity index is 2.80. The summed E-state index contributed by atoms with van der Waals surface area (Å²) in [4.78, 5) is 13.0. The van der Waals surface area contributed by atoms with Gasteiger partial charge in [0.1, 0.15) is 0 Å². The summed E-state index contributed by atoms with van der Waals surface area (Å²) in [5.41, 5.74) is 7.18. The van der Waals surface area contributed by atoms with Gasteiger partial charge in [-0.2, -0.15) is 0 Å². The highest BCUT2D eigenvalue weighted by Gasteiger charge is 2.09. The molecule has 82 valence electrons. The van der Waals surface area contributed by atoms with Crippen molar-refractivity contribution in [2.45, 2.75) is 19.9 Å². The Kier molecular flexibility index (Phi) is 3.97. The number of carbonyl (C=O) groups is 1. The van der Waals surface area contributed by atoms with E-state index in [2.05, 4.69) is 0 Å². The van der Waals surface area contributed by atoms with E-state index in [1.54, 1.807) is 30.1 Å². The predicted molar refractivity (Wildman–Crippen MR) is 62.6 cm³/mol. The van der Waals surface area contributed by atoms with Gasteiger partial charge in [0.25, 0.3) is 0 Å². The summed E-state index contributed by atoms with van der Waals surface area (Å²) < 4.78 is 0. The monoisotopic (exact) mass is 226 g/mol. The van der Waals surface area contributed by atoms with Crippen LogP contribution in [0, 0.1) is 0 Å². The fourth-order valence-electron chi connectivity index (χ4n) is 1.33. The van der Waals surface area contributed by atoms with E-state index in [0.717, 1.165) is 5.56 Å². The standard InChI is InChI=1S/C11H15ClN2O/c1-3-11(15)14(2)7-8-6-9(13)4-5-10(8)12/h4-6H,3,7,13H2,1-2H3. The Hall–Kier alpha value is -1.22. The molecule has 2 N–H and O–H groups in total. The summed E-state index contributed by atoms with van der Waals surface area (Å²) in [6, 6.07) is 5.28. The number of nitrogens with two attached hydrogens (primary N) is 1. The van der Waals surface area contributed by atoms with Gasteiger partial charge in [0.05, 0.1) is 0 Å². The maximum atomic E-state index is 11.4. The van der Waals surface area contributed by atoms with Crippen LogP contribution >= 0.6 is 11.6 Å². The molecule has 1 rings (SSSR count). The molecule has 0 aromatic heterocycles. The molecule has 0 fully saturated rings. The third kappa shape index (κ3) is 3.13. The third-order valence-electron chi connectivity index (χ3n) is 2.21. The molecule has 1 aromatic rings. The fraction of sp³-hybridized carbons (Fsp3) is 0.364. The van der Waals surface area contributed by atoms with Gasteiger partial charge < -0.3 is 10.6 Å². The number of benzene rings is 1. The first-order chi connectivity index (χ1) is 7.04. The molecule has 0 heterocycles. The van der Waals surface area contributed by atoms with Gasteiger partial charge in [-0.25, -0.2) is 0 Å². The summed E-state index contributed by atoms with van der Waals surface area (Å²) in [7, 11) is 1.76. The minimum atomic E-state index is 0.0912. The number of nitrogen functional groups attached to an aromatic ring is 1. The van der Waals surface area contributed by atoms with Crippen molar-refractivity contribution in [3.8, 4) is 0 Å². The molecular weight excluding hydrogens is 212 g/mol. The van der Waals surface area contributed by atoms with Gasteiger partial charge in [0, 0.05) is 30.7 Å². The number of amides is 1. The van der Waals surface area contributed by atoms with Crippen LogP contribution in [-0.2, 0) is 11.3 Å². The second-order valence-electron chi connectivity index (χ2n) is 3.45. The van der Waals surface area contributed by atoms with Crippen LogP contribution in [-0.4, -0.2) is 17.9 Å². The minimum Gasteiger partial charge on any atom is -0.399 e. The number of rotatable bonds is 3. The minimum absolute atomic E-state index is 0.0912. The van der Waals surface area contributed by atoms with E-state index < -0.39 is 0 Å². The lowest BCUT2D eigenvalue weighted by Crippen LogP contribution is -2.25. The van der Waals surface area contributed by atoms with Crippen LogP contribution in [0.5, 0.6) is 0 Å². The average molecular weight is 227 g/mol. The summed E-state index contributed by atoms with van der Waals surface area (Å²) in [6.45, 7) is 2.33. The summed E-state index contributed by atoms with van der Waals surface area (Å²) in [5, 5.41) is 0.639. The molecule has 0 bridgehead atoms. The normalized spacial score (nSPS) is 10.1. The summed E-state index contributed by atoms with van der Waals surface area (Å²) in [5.74, 6) is 0.0912. The molecule has 0 aliphatic heterocycles. The zero-order valence-corrected chi connectivity index (χ0v) is 9.71. The lowest BCUT2D eigenvalue weighted by atomic mass is 10.2. The van der Waals surface area contributed by atoms with Crippen molar-refractivity contribution < 1.29 is 4.79 Å². The lowest BCUT2D eigenvalue weighted by Gasteiger charge is -2.17. The third-order valence-corrected chi connectivity index (χ3v) is 2.57. The Bertz CT molecular complexity index is 366. The van der Waals surface area contributed by atoms with Gasteiger partial charge in [0.2, 0.25) is 5.91 Å². The topological polar surface area (TPSA) is 46.3 Å². The first-order valence-corrected chi connectivity index (χ1v) is 5.20. The van der Waals surface area contributed by atoms with Crippen LogP contribution in [0.4, 0.5) is 5.69 Å². The van der Waals surface area contributed by atoms with Gasteiger partial charge in [-0.3, -0.25) is 4.79 Å². The Labute approximate surface area is 94.8 Å². The highest BCUT2D eigenvalue weighted by molar-refractivity contribution is 6.31. The quantitative estimate of drug-likeness (QED) is 0.804. The first kappa shape index (κ1) is 11.9. The number of hydrogen-bond acceptors (Lipinski definition) is 2. The van der Waals surface area contributed by atoms with Crippen molar-refractivity contribution in [3.63, 3.8) is 0 Å². The van der Waals surface area contributed by atoms with E-state index in [-0.39, 0.29) is 5.91 Å². The predicted octanol–water partition coefficient (Wildman–Crippen LogP) is 2.29. The molecule has 0 unspecified atom stereocenters. The van der Waals surface area contributed by atoms with Gasteiger partial charge in [-0.1, -0.05) is 18.5 Å². The van der Waals surface area contributed by atoms with Gasteiger partial charge in [-0.05, 0) is 23.8 Å². The molecule has 3 nitrogen and oxygen atoms in total. The molecule has 0 aliphatic rings. The zero-order chi connectivity index (χ0) is 11.4. The van der Waals surface area contributed by atoms with Gasteiger partial charge in [-0.15, -0.1) is 0 Å². The van der Waals surface area contributed by atoms with Crippen LogP contribution in [0.3, 0.4) is 0 Å². The molecule has 1 amide bonds. The molecule has 0 aliphatic carbocycles. The van der Waals surface area contributed by atoms with Crippen molar-refractivity contribution in [1.29, 1.82) is 0 Å². The molecule has 1 aromatic carbocycles. The van der Waals surface area contributed by atoms with Crippen LogP contribution < -0.4 is 5.73 Å². The van der Waals surface area contributed by atoms with Crippen LogP contribution in [0.2, 0.25) is 5.02 Å². The number of halogens is 1. The maximum absolute atomic E-state index is 11.4. The molecule has 0 saturated heterocycles. The van der Waals surface area contributed by atoms with Crippen LogP contribution in [0.15, 0.2) is 18.2 Å². The van der Waals surface area contributed by atoms with E-state index in [4.69, 9.17) is 17.3 Å². The van der Waals surface area contributed by atoms with Crippen molar-refractivity contribution in [2.75, 3.05) is 12.8 Å². The number of carbonyl (C=O) groups excluding carboxylic acids is 1. The number of nitrogens with zero attached hydrogens (tertiary/aromatic N) is 1. The highest BCUT2D eigenvalue weighted by atomic mass is 35.5.